The normalized spacial score (nSPS) is 12.2. The first-order valence-electron chi connectivity index (χ1n) is 6.89. The average Bonchev–Trinajstić information content (AvgIpc) is 2.48. The van der Waals surface area contributed by atoms with Gasteiger partial charge in [-0.1, -0.05) is 19.1 Å². The lowest BCUT2D eigenvalue weighted by molar-refractivity contribution is 0.410. The maximum absolute atomic E-state index is 14.1. The van der Waals surface area contributed by atoms with Crippen LogP contribution in [-0.2, 0) is 0 Å². The van der Waals surface area contributed by atoms with Gasteiger partial charge in [-0.15, -0.1) is 0 Å². The molecule has 1 unspecified atom stereocenters. The summed E-state index contributed by atoms with van der Waals surface area (Å²) >= 11 is 0. The molecule has 0 amide bonds. The quantitative estimate of drug-likeness (QED) is 0.899. The molecular weight excluding hydrogens is 272 g/mol. The predicted molar refractivity (Wildman–Crippen MR) is 79.6 cm³/mol. The molecule has 21 heavy (non-hydrogen) atoms. The number of benzene rings is 2. The molecule has 0 aliphatic heterocycles. The second-order valence-electron chi connectivity index (χ2n) is 4.89. The van der Waals surface area contributed by atoms with Crippen LogP contribution in [0.3, 0.4) is 0 Å². The minimum atomic E-state index is -0.451. The van der Waals surface area contributed by atoms with Gasteiger partial charge in [-0.25, -0.2) is 8.78 Å². The van der Waals surface area contributed by atoms with Crippen LogP contribution in [-0.4, -0.2) is 13.7 Å². The van der Waals surface area contributed by atoms with Gasteiger partial charge in [-0.3, -0.25) is 0 Å². The van der Waals surface area contributed by atoms with Gasteiger partial charge in [0.05, 0.1) is 13.2 Å². The Hall–Kier alpha value is -1.94. The van der Waals surface area contributed by atoms with E-state index in [2.05, 4.69) is 5.32 Å². The molecule has 0 bridgehead atoms. The first-order valence-corrected chi connectivity index (χ1v) is 6.89. The van der Waals surface area contributed by atoms with Crippen LogP contribution in [0.25, 0.3) is 0 Å². The summed E-state index contributed by atoms with van der Waals surface area (Å²) in [5.41, 5.74) is 2.13. The van der Waals surface area contributed by atoms with Gasteiger partial charge in [0.15, 0.2) is 0 Å². The minimum absolute atomic E-state index is 0.294. The summed E-state index contributed by atoms with van der Waals surface area (Å²) in [5.74, 6) is -0.150. The third-order valence-electron chi connectivity index (χ3n) is 3.44. The Morgan fingerprint density at radius 3 is 2.57 bits per heavy atom. The number of ether oxygens (including phenoxy) is 1. The van der Waals surface area contributed by atoms with Crippen molar-refractivity contribution in [1.29, 1.82) is 0 Å². The van der Waals surface area contributed by atoms with Gasteiger partial charge in [0, 0.05) is 5.56 Å². The van der Waals surface area contributed by atoms with Crippen LogP contribution < -0.4 is 10.1 Å². The Balaban J connectivity index is 2.50. The van der Waals surface area contributed by atoms with Crippen molar-refractivity contribution in [3.05, 3.63) is 64.7 Å². The van der Waals surface area contributed by atoms with Crippen molar-refractivity contribution in [3.8, 4) is 5.75 Å². The zero-order valence-electron chi connectivity index (χ0n) is 12.4. The molecule has 0 saturated carbocycles. The number of nitrogens with one attached hydrogen (secondary N) is 1. The van der Waals surface area contributed by atoms with Crippen molar-refractivity contribution in [2.45, 2.75) is 19.9 Å². The SMILES string of the molecule is CCNC(c1ccc(C)c(OC)c1)c1cc(F)ccc1F. The Morgan fingerprint density at radius 2 is 1.90 bits per heavy atom. The molecule has 0 aromatic heterocycles. The molecule has 2 aromatic carbocycles. The fourth-order valence-electron chi connectivity index (χ4n) is 2.36. The molecule has 0 heterocycles. The number of halogens is 2. The highest BCUT2D eigenvalue weighted by molar-refractivity contribution is 5.41. The van der Waals surface area contributed by atoms with Crippen LogP contribution in [0, 0.1) is 18.6 Å². The van der Waals surface area contributed by atoms with Crippen LogP contribution in [0.4, 0.5) is 8.78 Å². The molecule has 0 aliphatic rings. The fraction of sp³-hybridized carbons (Fsp3) is 0.294. The van der Waals surface area contributed by atoms with Gasteiger partial charge in [-0.05, 0) is 48.9 Å². The Labute approximate surface area is 123 Å². The van der Waals surface area contributed by atoms with E-state index in [1.165, 1.54) is 6.07 Å². The summed E-state index contributed by atoms with van der Waals surface area (Å²) in [7, 11) is 1.59. The zero-order chi connectivity index (χ0) is 15.4. The summed E-state index contributed by atoms with van der Waals surface area (Å²) in [6.45, 7) is 4.50. The smallest absolute Gasteiger partial charge is 0.128 e. The molecule has 0 radical (unpaired) electrons. The second-order valence-corrected chi connectivity index (χ2v) is 4.89. The standard InChI is InChI=1S/C17H19F2NO/c1-4-20-17(14-10-13(18)7-8-15(14)19)12-6-5-11(2)16(9-12)21-3/h5-10,17,20H,4H2,1-3H3. The van der Waals surface area contributed by atoms with Crippen molar-refractivity contribution in [2.75, 3.05) is 13.7 Å². The Bertz CT molecular complexity index is 628. The second kappa shape index (κ2) is 6.68. The molecule has 1 N–H and O–H groups in total. The molecule has 0 spiro atoms. The van der Waals surface area contributed by atoms with E-state index in [-0.39, 0.29) is 0 Å². The maximum atomic E-state index is 14.1. The first-order chi connectivity index (χ1) is 10.1. The number of hydrogen-bond donors (Lipinski definition) is 1. The molecular formula is C17H19F2NO. The van der Waals surface area contributed by atoms with Gasteiger partial charge in [0.1, 0.15) is 17.4 Å². The lowest BCUT2D eigenvalue weighted by Crippen LogP contribution is -2.23. The summed E-state index contributed by atoms with van der Waals surface area (Å²) in [4.78, 5) is 0. The highest BCUT2D eigenvalue weighted by Crippen LogP contribution is 2.29. The number of aryl methyl sites for hydroxylation is 1. The Morgan fingerprint density at radius 1 is 1.14 bits per heavy atom. The number of rotatable bonds is 5. The van der Waals surface area contributed by atoms with Crippen molar-refractivity contribution in [3.63, 3.8) is 0 Å². The molecule has 2 aromatic rings. The lowest BCUT2D eigenvalue weighted by Gasteiger charge is -2.21. The molecule has 0 fully saturated rings. The van der Waals surface area contributed by atoms with Crippen molar-refractivity contribution in [1.82, 2.24) is 5.32 Å². The van der Waals surface area contributed by atoms with Crippen molar-refractivity contribution in [2.24, 2.45) is 0 Å². The number of methoxy groups -OCH3 is 1. The average molecular weight is 291 g/mol. The number of hydrogen-bond acceptors (Lipinski definition) is 2. The van der Waals surface area contributed by atoms with Crippen molar-refractivity contribution < 1.29 is 13.5 Å². The topological polar surface area (TPSA) is 21.3 Å². The lowest BCUT2D eigenvalue weighted by atomic mass is 9.96. The highest BCUT2D eigenvalue weighted by Gasteiger charge is 2.18. The summed E-state index contributed by atoms with van der Waals surface area (Å²) < 4.78 is 32.8. The van der Waals surface area contributed by atoms with E-state index in [9.17, 15) is 8.78 Å². The fourth-order valence-corrected chi connectivity index (χ4v) is 2.36. The zero-order valence-corrected chi connectivity index (χ0v) is 12.4. The van der Waals surface area contributed by atoms with Gasteiger partial charge in [0.25, 0.3) is 0 Å². The van der Waals surface area contributed by atoms with E-state index in [0.717, 1.165) is 29.0 Å². The highest BCUT2D eigenvalue weighted by atomic mass is 19.1. The van der Waals surface area contributed by atoms with E-state index >= 15 is 0 Å². The van der Waals surface area contributed by atoms with E-state index < -0.39 is 17.7 Å². The molecule has 0 aliphatic carbocycles. The summed E-state index contributed by atoms with van der Waals surface area (Å²) in [6, 6.07) is 8.76. The van der Waals surface area contributed by atoms with Crippen LogP contribution >= 0.6 is 0 Å². The van der Waals surface area contributed by atoms with Crippen LogP contribution in [0.15, 0.2) is 36.4 Å². The van der Waals surface area contributed by atoms with E-state index in [1.54, 1.807) is 7.11 Å². The minimum Gasteiger partial charge on any atom is -0.496 e. The predicted octanol–water partition coefficient (Wildman–Crippen LogP) is 3.98. The monoisotopic (exact) mass is 291 g/mol. The largest absolute Gasteiger partial charge is 0.496 e. The van der Waals surface area contributed by atoms with Gasteiger partial charge >= 0.3 is 0 Å². The summed E-state index contributed by atoms with van der Waals surface area (Å²) in [5, 5.41) is 3.19. The van der Waals surface area contributed by atoms with Gasteiger partial charge in [-0.2, -0.15) is 0 Å². The van der Waals surface area contributed by atoms with Crippen molar-refractivity contribution >= 4 is 0 Å². The molecule has 1 atom stereocenters. The van der Waals surface area contributed by atoms with E-state index in [0.29, 0.717) is 12.1 Å². The summed E-state index contributed by atoms with van der Waals surface area (Å²) in [6.07, 6.45) is 0. The van der Waals surface area contributed by atoms with Crippen LogP contribution in [0.5, 0.6) is 5.75 Å². The molecule has 0 saturated heterocycles. The molecule has 112 valence electrons. The third-order valence-corrected chi connectivity index (χ3v) is 3.44. The van der Waals surface area contributed by atoms with E-state index in [1.807, 2.05) is 32.0 Å². The third kappa shape index (κ3) is 3.39. The maximum Gasteiger partial charge on any atom is 0.128 e. The van der Waals surface area contributed by atoms with Crippen LogP contribution in [0.1, 0.15) is 29.7 Å². The Kier molecular flexibility index (Phi) is 4.91. The first kappa shape index (κ1) is 15.4. The van der Waals surface area contributed by atoms with Gasteiger partial charge in [0.2, 0.25) is 0 Å². The van der Waals surface area contributed by atoms with Crippen LogP contribution in [0.2, 0.25) is 0 Å². The molecule has 4 heteroatoms. The van der Waals surface area contributed by atoms with E-state index in [4.69, 9.17) is 4.74 Å². The van der Waals surface area contributed by atoms with Gasteiger partial charge < -0.3 is 10.1 Å². The molecule has 2 nitrogen and oxygen atoms in total. The molecule has 2 rings (SSSR count).